The van der Waals surface area contributed by atoms with E-state index in [0.29, 0.717) is 5.41 Å². The predicted octanol–water partition coefficient (Wildman–Crippen LogP) is 4.77. The van der Waals surface area contributed by atoms with Crippen LogP contribution in [0, 0.1) is 5.41 Å². The Balaban J connectivity index is 2.60. The molecule has 0 bridgehead atoms. The van der Waals surface area contributed by atoms with E-state index in [0.717, 1.165) is 11.8 Å². The third-order valence-corrected chi connectivity index (χ3v) is 5.47. The predicted molar refractivity (Wildman–Crippen MR) is 85.6 cm³/mol. The first-order valence-electron chi connectivity index (χ1n) is 8.02. The summed E-state index contributed by atoms with van der Waals surface area (Å²) >= 11 is 4.69. The lowest BCUT2D eigenvalue weighted by molar-refractivity contribution is 0.0948. The SMILES string of the molecule is CCCCN(CC1(CS)CCCCC1)C(C)CC. The van der Waals surface area contributed by atoms with Crippen LogP contribution in [0.4, 0.5) is 0 Å². The number of hydrogen-bond acceptors (Lipinski definition) is 2. The second-order valence-corrected chi connectivity index (χ2v) is 6.62. The number of nitrogens with zero attached hydrogens (tertiary/aromatic N) is 1. The second-order valence-electron chi connectivity index (χ2n) is 6.30. The van der Waals surface area contributed by atoms with Crippen molar-refractivity contribution in [2.24, 2.45) is 5.41 Å². The number of thiol groups is 1. The Morgan fingerprint density at radius 2 is 1.83 bits per heavy atom. The second kappa shape index (κ2) is 8.47. The van der Waals surface area contributed by atoms with Crippen molar-refractivity contribution in [2.45, 2.75) is 78.2 Å². The van der Waals surface area contributed by atoms with Gasteiger partial charge < -0.3 is 4.90 Å². The molecule has 1 fully saturated rings. The minimum absolute atomic E-state index is 0.512. The average molecular weight is 272 g/mol. The number of unbranched alkanes of at least 4 members (excludes halogenated alkanes) is 1. The van der Waals surface area contributed by atoms with Gasteiger partial charge in [-0.05, 0) is 50.3 Å². The van der Waals surface area contributed by atoms with Gasteiger partial charge in [-0.25, -0.2) is 0 Å². The van der Waals surface area contributed by atoms with Crippen molar-refractivity contribution in [2.75, 3.05) is 18.8 Å². The highest BCUT2D eigenvalue weighted by Crippen LogP contribution is 2.38. The molecule has 18 heavy (non-hydrogen) atoms. The van der Waals surface area contributed by atoms with E-state index in [2.05, 4.69) is 38.3 Å². The van der Waals surface area contributed by atoms with Crippen molar-refractivity contribution in [3.05, 3.63) is 0 Å². The maximum Gasteiger partial charge on any atom is 0.00645 e. The van der Waals surface area contributed by atoms with Gasteiger partial charge in [0.05, 0.1) is 0 Å². The fourth-order valence-corrected chi connectivity index (χ4v) is 3.59. The molecule has 1 unspecified atom stereocenters. The van der Waals surface area contributed by atoms with Crippen molar-refractivity contribution >= 4 is 12.6 Å². The van der Waals surface area contributed by atoms with Gasteiger partial charge in [0.15, 0.2) is 0 Å². The standard InChI is InChI=1S/C16H33NS/c1-4-6-12-17(15(3)5-2)13-16(14-18)10-8-7-9-11-16/h15,18H,4-14H2,1-3H3. The van der Waals surface area contributed by atoms with Crippen LogP contribution in [0.3, 0.4) is 0 Å². The molecule has 0 saturated heterocycles. The highest BCUT2D eigenvalue weighted by Gasteiger charge is 2.33. The summed E-state index contributed by atoms with van der Waals surface area (Å²) in [5, 5.41) is 0. The van der Waals surface area contributed by atoms with E-state index < -0.39 is 0 Å². The molecule has 0 aromatic heterocycles. The minimum atomic E-state index is 0.512. The Hall–Kier alpha value is 0.310. The highest BCUT2D eigenvalue weighted by molar-refractivity contribution is 7.80. The smallest absolute Gasteiger partial charge is 0.00645 e. The summed E-state index contributed by atoms with van der Waals surface area (Å²) in [6, 6.07) is 0.732. The summed E-state index contributed by atoms with van der Waals surface area (Å²) in [7, 11) is 0. The summed E-state index contributed by atoms with van der Waals surface area (Å²) in [6.45, 7) is 9.57. The van der Waals surface area contributed by atoms with Crippen molar-refractivity contribution < 1.29 is 0 Å². The summed E-state index contributed by atoms with van der Waals surface area (Å²) in [5.41, 5.74) is 0.512. The molecule has 0 aromatic carbocycles. The van der Waals surface area contributed by atoms with Gasteiger partial charge in [0.25, 0.3) is 0 Å². The Morgan fingerprint density at radius 3 is 2.33 bits per heavy atom. The molecular weight excluding hydrogens is 238 g/mol. The zero-order valence-electron chi connectivity index (χ0n) is 12.7. The van der Waals surface area contributed by atoms with E-state index >= 15 is 0 Å². The van der Waals surface area contributed by atoms with Crippen LogP contribution in [0.25, 0.3) is 0 Å². The summed E-state index contributed by atoms with van der Waals surface area (Å²) in [5.74, 6) is 1.08. The quantitative estimate of drug-likeness (QED) is 0.623. The fraction of sp³-hybridized carbons (Fsp3) is 1.00. The van der Waals surface area contributed by atoms with Crippen LogP contribution in [0.1, 0.15) is 72.1 Å². The van der Waals surface area contributed by atoms with Gasteiger partial charge in [-0.3, -0.25) is 0 Å². The Bertz CT molecular complexity index is 211. The molecule has 2 heteroatoms. The molecule has 0 amide bonds. The van der Waals surface area contributed by atoms with Gasteiger partial charge in [0.1, 0.15) is 0 Å². The molecule has 0 spiro atoms. The third kappa shape index (κ3) is 4.77. The first kappa shape index (κ1) is 16.4. The van der Waals surface area contributed by atoms with Crippen LogP contribution in [0.15, 0.2) is 0 Å². The van der Waals surface area contributed by atoms with E-state index in [9.17, 15) is 0 Å². The summed E-state index contributed by atoms with van der Waals surface area (Å²) in [6.07, 6.45) is 11.0. The monoisotopic (exact) mass is 271 g/mol. The molecule has 108 valence electrons. The third-order valence-electron chi connectivity index (χ3n) is 4.80. The maximum absolute atomic E-state index is 4.69. The molecule has 0 aliphatic heterocycles. The molecule has 1 aliphatic carbocycles. The summed E-state index contributed by atoms with van der Waals surface area (Å²) in [4.78, 5) is 2.74. The zero-order chi connectivity index (χ0) is 13.4. The van der Waals surface area contributed by atoms with Gasteiger partial charge in [-0.1, -0.05) is 39.5 Å². The minimum Gasteiger partial charge on any atom is -0.300 e. The lowest BCUT2D eigenvalue weighted by Crippen LogP contribution is -2.44. The molecule has 0 aromatic rings. The largest absolute Gasteiger partial charge is 0.300 e. The van der Waals surface area contributed by atoms with E-state index in [-0.39, 0.29) is 0 Å². The first-order valence-corrected chi connectivity index (χ1v) is 8.65. The van der Waals surface area contributed by atoms with Crippen molar-refractivity contribution in [3.8, 4) is 0 Å². The zero-order valence-corrected chi connectivity index (χ0v) is 13.6. The molecule has 0 heterocycles. The Labute approximate surface area is 120 Å². The normalized spacial score (nSPS) is 21.2. The maximum atomic E-state index is 4.69. The lowest BCUT2D eigenvalue weighted by atomic mass is 9.75. The van der Waals surface area contributed by atoms with Gasteiger partial charge >= 0.3 is 0 Å². The van der Waals surface area contributed by atoms with Gasteiger partial charge in [0.2, 0.25) is 0 Å². The molecule has 1 nitrogen and oxygen atoms in total. The van der Waals surface area contributed by atoms with Crippen molar-refractivity contribution in [1.29, 1.82) is 0 Å². The van der Waals surface area contributed by atoms with E-state index in [1.807, 2.05) is 0 Å². The van der Waals surface area contributed by atoms with E-state index in [1.165, 1.54) is 64.5 Å². The topological polar surface area (TPSA) is 3.24 Å². The van der Waals surface area contributed by atoms with E-state index in [1.54, 1.807) is 0 Å². The van der Waals surface area contributed by atoms with Gasteiger partial charge in [-0.2, -0.15) is 12.6 Å². The van der Waals surface area contributed by atoms with Crippen LogP contribution in [0.2, 0.25) is 0 Å². The van der Waals surface area contributed by atoms with Gasteiger partial charge in [-0.15, -0.1) is 0 Å². The molecule has 1 saturated carbocycles. The van der Waals surface area contributed by atoms with Crippen molar-refractivity contribution in [3.63, 3.8) is 0 Å². The molecular formula is C16H33NS. The molecule has 1 rings (SSSR count). The number of rotatable bonds is 8. The van der Waals surface area contributed by atoms with Crippen LogP contribution in [0.5, 0.6) is 0 Å². The molecule has 1 atom stereocenters. The number of hydrogen-bond donors (Lipinski definition) is 1. The van der Waals surface area contributed by atoms with Crippen molar-refractivity contribution in [1.82, 2.24) is 4.90 Å². The van der Waals surface area contributed by atoms with Crippen LogP contribution < -0.4 is 0 Å². The fourth-order valence-electron chi connectivity index (χ4n) is 3.17. The van der Waals surface area contributed by atoms with E-state index in [4.69, 9.17) is 0 Å². The van der Waals surface area contributed by atoms with Crippen LogP contribution >= 0.6 is 12.6 Å². The Morgan fingerprint density at radius 1 is 1.17 bits per heavy atom. The van der Waals surface area contributed by atoms with Crippen LogP contribution in [-0.2, 0) is 0 Å². The van der Waals surface area contributed by atoms with Gasteiger partial charge in [0, 0.05) is 12.6 Å². The molecule has 0 N–H and O–H groups in total. The summed E-state index contributed by atoms with van der Waals surface area (Å²) < 4.78 is 0. The average Bonchev–Trinajstić information content (AvgIpc) is 2.43. The van der Waals surface area contributed by atoms with Crippen LogP contribution in [-0.4, -0.2) is 29.8 Å². The highest BCUT2D eigenvalue weighted by atomic mass is 32.1. The lowest BCUT2D eigenvalue weighted by Gasteiger charge is -2.42. The molecule has 0 radical (unpaired) electrons. The Kier molecular flexibility index (Phi) is 7.70. The molecule has 1 aliphatic rings. The first-order chi connectivity index (χ1) is 8.67.